The molecule has 4 heteroatoms. The van der Waals surface area contributed by atoms with Gasteiger partial charge in [-0.05, 0) is 25.7 Å². The largest absolute Gasteiger partial charge is 0.481 e. The van der Waals surface area contributed by atoms with E-state index >= 15 is 0 Å². The molecule has 22 heavy (non-hydrogen) atoms. The lowest BCUT2D eigenvalue weighted by Crippen LogP contribution is -2.06. The van der Waals surface area contributed by atoms with Gasteiger partial charge >= 0.3 is 5.97 Å². The lowest BCUT2D eigenvalue weighted by atomic mass is 10.1. The maximum atomic E-state index is 10.4. The summed E-state index contributed by atoms with van der Waals surface area (Å²) in [5.41, 5.74) is 0. The van der Waals surface area contributed by atoms with Crippen LogP contribution in [0.15, 0.2) is 24.3 Å². The number of hydrogen-bond donors (Lipinski definition) is 2. The van der Waals surface area contributed by atoms with Gasteiger partial charge in [-0.3, -0.25) is 10.1 Å². The highest BCUT2D eigenvalue weighted by Gasteiger charge is 2.03. The first kappa shape index (κ1) is 20.9. The predicted octanol–water partition coefficient (Wildman–Crippen LogP) is 5.35. The van der Waals surface area contributed by atoms with Gasteiger partial charge in [-0.15, -0.1) is 0 Å². The Morgan fingerprint density at radius 2 is 1.77 bits per heavy atom. The third-order valence-electron chi connectivity index (χ3n) is 3.56. The summed E-state index contributed by atoms with van der Waals surface area (Å²) in [6, 6.07) is 0. The van der Waals surface area contributed by atoms with Gasteiger partial charge in [0.1, 0.15) is 6.10 Å². The molecule has 0 aliphatic heterocycles. The first-order chi connectivity index (χ1) is 10.7. The van der Waals surface area contributed by atoms with Crippen LogP contribution in [0.5, 0.6) is 0 Å². The van der Waals surface area contributed by atoms with Gasteiger partial charge in [0.25, 0.3) is 0 Å². The molecule has 4 nitrogen and oxygen atoms in total. The van der Waals surface area contributed by atoms with Crippen LogP contribution in [0.25, 0.3) is 0 Å². The molecule has 128 valence electrons. The quantitative estimate of drug-likeness (QED) is 0.185. The van der Waals surface area contributed by atoms with Crippen LogP contribution in [0, 0.1) is 0 Å². The second-order valence-electron chi connectivity index (χ2n) is 5.65. The van der Waals surface area contributed by atoms with Crippen LogP contribution in [0.2, 0.25) is 0 Å². The minimum atomic E-state index is -0.721. The van der Waals surface area contributed by atoms with Crippen LogP contribution in [0.4, 0.5) is 0 Å². The molecule has 0 amide bonds. The molecule has 0 unspecified atom stereocenters. The van der Waals surface area contributed by atoms with E-state index in [2.05, 4.69) is 17.9 Å². The van der Waals surface area contributed by atoms with Crippen molar-refractivity contribution in [3.8, 4) is 0 Å². The van der Waals surface area contributed by atoms with Gasteiger partial charge in [-0.25, -0.2) is 4.89 Å². The molecule has 2 N–H and O–H groups in total. The smallest absolute Gasteiger partial charge is 0.303 e. The van der Waals surface area contributed by atoms with E-state index < -0.39 is 5.97 Å². The summed E-state index contributed by atoms with van der Waals surface area (Å²) in [5.74, 6) is -0.721. The lowest BCUT2D eigenvalue weighted by molar-refractivity contribution is -0.267. The highest BCUT2D eigenvalue weighted by molar-refractivity contribution is 5.66. The average Bonchev–Trinajstić information content (AvgIpc) is 2.50. The van der Waals surface area contributed by atoms with Gasteiger partial charge in [-0.1, -0.05) is 69.8 Å². The van der Waals surface area contributed by atoms with Crippen molar-refractivity contribution in [2.45, 2.75) is 83.7 Å². The van der Waals surface area contributed by atoms with Crippen LogP contribution in [-0.2, 0) is 9.68 Å². The maximum absolute atomic E-state index is 10.4. The minimum Gasteiger partial charge on any atom is -0.481 e. The van der Waals surface area contributed by atoms with E-state index in [-0.39, 0.29) is 12.5 Å². The Morgan fingerprint density at radius 3 is 2.45 bits per heavy atom. The van der Waals surface area contributed by atoms with Crippen molar-refractivity contribution in [2.75, 3.05) is 0 Å². The van der Waals surface area contributed by atoms with Gasteiger partial charge in [-0.2, -0.15) is 0 Å². The van der Waals surface area contributed by atoms with Crippen molar-refractivity contribution in [1.82, 2.24) is 0 Å². The summed E-state index contributed by atoms with van der Waals surface area (Å²) in [5, 5.41) is 17.4. The zero-order valence-electron chi connectivity index (χ0n) is 13.9. The van der Waals surface area contributed by atoms with E-state index in [4.69, 9.17) is 10.4 Å². The molecular formula is C18H32O4. The van der Waals surface area contributed by atoms with Crippen LogP contribution in [-0.4, -0.2) is 22.4 Å². The molecule has 0 fully saturated rings. The SMILES string of the molecule is CCCCCC=C/C=C/[C@H](CCCCCCCC(=O)O)OO. The summed E-state index contributed by atoms with van der Waals surface area (Å²) in [4.78, 5) is 14.8. The number of carboxylic acids is 1. The van der Waals surface area contributed by atoms with Gasteiger partial charge in [0.2, 0.25) is 0 Å². The number of carboxylic acid groups (broad SMARTS) is 1. The Labute approximate surface area is 134 Å². The van der Waals surface area contributed by atoms with E-state index in [1.165, 1.54) is 19.3 Å². The first-order valence-electron chi connectivity index (χ1n) is 8.56. The number of rotatable bonds is 15. The second-order valence-corrected chi connectivity index (χ2v) is 5.65. The van der Waals surface area contributed by atoms with Gasteiger partial charge < -0.3 is 5.11 Å². The summed E-state index contributed by atoms with van der Waals surface area (Å²) in [7, 11) is 0. The second kappa shape index (κ2) is 16.2. The third kappa shape index (κ3) is 15.3. The highest BCUT2D eigenvalue weighted by Crippen LogP contribution is 2.11. The highest BCUT2D eigenvalue weighted by atomic mass is 17.1. The van der Waals surface area contributed by atoms with Crippen molar-refractivity contribution in [2.24, 2.45) is 0 Å². The minimum absolute atomic E-state index is 0.251. The van der Waals surface area contributed by atoms with Crippen LogP contribution in [0.3, 0.4) is 0 Å². The monoisotopic (exact) mass is 312 g/mol. The van der Waals surface area contributed by atoms with E-state index in [1.54, 1.807) is 0 Å². The Kier molecular flexibility index (Phi) is 15.4. The molecule has 0 rings (SSSR count). The summed E-state index contributed by atoms with van der Waals surface area (Å²) >= 11 is 0. The Bertz CT molecular complexity index is 310. The number of carbonyl (C=O) groups is 1. The lowest BCUT2D eigenvalue weighted by Gasteiger charge is -2.08. The van der Waals surface area contributed by atoms with Crippen molar-refractivity contribution < 1.29 is 20.0 Å². The van der Waals surface area contributed by atoms with Crippen molar-refractivity contribution in [1.29, 1.82) is 0 Å². The normalized spacial score (nSPS) is 13.2. The summed E-state index contributed by atoms with van der Waals surface area (Å²) in [6.45, 7) is 2.19. The first-order valence-corrected chi connectivity index (χ1v) is 8.56. The molecule has 0 aromatic heterocycles. The molecule has 0 aliphatic rings. The van der Waals surface area contributed by atoms with E-state index in [9.17, 15) is 4.79 Å². The molecule has 0 aliphatic carbocycles. The van der Waals surface area contributed by atoms with Crippen molar-refractivity contribution in [3.63, 3.8) is 0 Å². The zero-order valence-corrected chi connectivity index (χ0v) is 13.9. The van der Waals surface area contributed by atoms with Crippen LogP contribution >= 0.6 is 0 Å². The molecular weight excluding hydrogens is 280 g/mol. The molecule has 0 saturated carbocycles. The van der Waals surface area contributed by atoms with Gasteiger partial charge in [0.05, 0.1) is 0 Å². The van der Waals surface area contributed by atoms with Gasteiger partial charge in [0, 0.05) is 6.42 Å². The summed E-state index contributed by atoms with van der Waals surface area (Å²) in [6.07, 6.45) is 18.3. The Morgan fingerprint density at radius 1 is 1.05 bits per heavy atom. The van der Waals surface area contributed by atoms with Crippen LogP contribution in [0.1, 0.15) is 77.6 Å². The molecule has 0 heterocycles. The Balaban J connectivity index is 3.59. The topological polar surface area (TPSA) is 66.8 Å². The number of unbranched alkanes of at least 4 members (excludes halogenated alkanes) is 7. The molecule has 0 aromatic carbocycles. The van der Waals surface area contributed by atoms with Crippen molar-refractivity contribution >= 4 is 5.97 Å². The fraction of sp³-hybridized carbons (Fsp3) is 0.722. The number of aliphatic carboxylic acids is 1. The van der Waals surface area contributed by atoms with Gasteiger partial charge in [0.15, 0.2) is 0 Å². The predicted molar refractivity (Wildman–Crippen MR) is 89.9 cm³/mol. The third-order valence-corrected chi connectivity index (χ3v) is 3.56. The molecule has 0 radical (unpaired) electrons. The molecule has 0 spiro atoms. The molecule has 1 atom stereocenters. The van der Waals surface area contributed by atoms with E-state index in [0.29, 0.717) is 0 Å². The molecule has 0 saturated heterocycles. The fourth-order valence-electron chi connectivity index (χ4n) is 2.21. The molecule has 0 aromatic rings. The average molecular weight is 312 g/mol. The van der Waals surface area contributed by atoms with Crippen molar-refractivity contribution in [3.05, 3.63) is 24.3 Å². The molecule has 0 bridgehead atoms. The van der Waals surface area contributed by atoms with Crippen LogP contribution < -0.4 is 0 Å². The number of hydrogen-bond acceptors (Lipinski definition) is 3. The Hall–Kier alpha value is -1.13. The fourth-order valence-corrected chi connectivity index (χ4v) is 2.21. The standard InChI is InChI=1S/C18H32O4/c1-2-3-4-5-6-8-11-14-17(22-21)15-12-9-7-10-13-16-18(19)20/h6,8,11,14,17,21H,2-5,7,9-10,12-13,15-16H2,1H3,(H,19,20)/b8-6?,14-11+/t17-/m1/s1. The number of allylic oxidation sites excluding steroid dienone is 3. The van der Waals surface area contributed by atoms with E-state index in [1.807, 2.05) is 18.2 Å². The summed E-state index contributed by atoms with van der Waals surface area (Å²) < 4.78 is 0. The zero-order chi connectivity index (χ0) is 16.5. The maximum Gasteiger partial charge on any atom is 0.303 e. The van der Waals surface area contributed by atoms with E-state index in [0.717, 1.165) is 44.9 Å².